The number of anilines is 1. The molecule has 0 saturated heterocycles. The Hall–Kier alpha value is -2.28. The van der Waals surface area contributed by atoms with Crippen LogP contribution in [0, 0.1) is 17.2 Å². The molecule has 0 bridgehead atoms. The molecule has 2 rings (SSSR count). The third kappa shape index (κ3) is 1.95. The molecule has 4 nitrogen and oxygen atoms in total. The van der Waals surface area contributed by atoms with Crippen LogP contribution >= 0.6 is 0 Å². The molecule has 0 saturated carbocycles. The maximum absolute atomic E-state index is 12.1. The number of carbonyl (C=O) groups excluding carboxylic acids is 1. The summed E-state index contributed by atoms with van der Waals surface area (Å²) >= 11 is 0. The fourth-order valence-corrected chi connectivity index (χ4v) is 2.01. The molecule has 18 heavy (non-hydrogen) atoms. The van der Waals surface area contributed by atoms with Crippen molar-refractivity contribution in [1.29, 1.82) is 5.26 Å². The smallest absolute Gasteiger partial charge is 0.244 e. The number of rotatable bonds is 3. The molecule has 2 aromatic rings. The molecule has 1 aromatic carbocycles. The van der Waals surface area contributed by atoms with Crippen molar-refractivity contribution < 1.29 is 4.79 Å². The first kappa shape index (κ1) is 12.2. The molecule has 92 valence electrons. The molecule has 0 aliphatic heterocycles. The molecule has 4 heteroatoms. The topological polar surface area (TPSA) is 59.9 Å². The molecule has 1 aromatic heterocycles. The Kier molecular flexibility index (Phi) is 3.33. The number of nitrogens with zero attached hydrogens (tertiary/aromatic N) is 2. The summed E-state index contributed by atoms with van der Waals surface area (Å²) in [5.41, 5.74) is 1.79. The van der Waals surface area contributed by atoms with Gasteiger partial charge in [0.1, 0.15) is 5.92 Å². The summed E-state index contributed by atoms with van der Waals surface area (Å²) in [6.45, 7) is 1.84. The molecular weight excluding hydrogens is 226 g/mol. The van der Waals surface area contributed by atoms with Crippen LogP contribution in [0.1, 0.15) is 13.3 Å². The number of benzene rings is 1. The molecule has 0 radical (unpaired) electrons. The van der Waals surface area contributed by atoms with Crippen LogP contribution in [0.2, 0.25) is 0 Å². The van der Waals surface area contributed by atoms with Crippen LogP contribution in [0.5, 0.6) is 0 Å². The van der Waals surface area contributed by atoms with Gasteiger partial charge in [-0.1, -0.05) is 25.1 Å². The van der Waals surface area contributed by atoms with Gasteiger partial charge in [-0.25, -0.2) is 0 Å². The van der Waals surface area contributed by atoms with Crippen molar-refractivity contribution in [3.8, 4) is 6.07 Å². The molecule has 0 fully saturated rings. The van der Waals surface area contributed by atoms with Crippen LogP contribution in [0.15, 0.2) is 30.5 Å². The summed E-state index contributed by atoms with van der Waals surface area (Å²) in [6, 6.07) is 9.82. The van der Waals surface area contributed by atoms with E-state index in [4.69, 9.17) is 5.26 Å². The fraction of sp³-hybridized carbons (Fsp3) is 0.286. The van der Waals surface area contributed by atoms with Crippen molar-refractivity contribution >= 4 is 22.5 Å². The number of aromatic nitrogens is 1. The Bertz CT molecular complexity index is 609. The number of hydrogen-bond acceptors (Lipinski definition) is 2. The molecule has 1 N–H and O–H groups in total. The highest BCUT2D eigenvalue weighted by Gasteiger charge is 2.22. The summed E-state index contributed by atoms with van der Waals surface area (Å²) < 4.78 is 0. The highest BCUT2D eigenvalue weighted by Crippen LogP contribution is 2.26. The van der Waals surface area contributed by atoms with Crippen LogP contribution in [-0.4, -0.2) is 17.9 Å². The van der Waals surface area contributed by atoms with Crippen LogP contribution in [0.3, 0.4) is 0 Å². The third-order valence-electron chi connectivity index (χ3n) is 3.12. The van der Waals surface area contributed by atoms with Gasteiger partial charge in [-0.2, -0.15) is 5.26 Å². The largest absolute Gasteiger partial charge is 0.359 e. The Labute approximate surface area is 106 Å². The van der Waals surface area contributed by atoms with Crippen molar-refractivity contribution in [3.05, 3.63) is 30.5 Å². The van der Waals surface area contributed by atoms with E-state index in [0.717, 1.165) is 16.6 Å². The van der Waals surface area contributed by atoms with Crippen molar-refractivity contribution in [2.24, 2.45) is 5.92 Å². The van der Waals surface area contributed by atoms with Crippen LogP contribution in [-0.2, 0) is 4.79 Å². The molecule has 0 aliphatic carbocycles. The second-order valence-electron chi connectivity index (χ2n) is 4.21. The maximum atomic E-state index is 12.1. The normalized spacial score (nSPS) is 12.1. The number of amides is 1. The average molecular weight is 241 g/mol. The highest BCUT2D eigenvalue weighted by atomic mass is 16.2. The number of aromatic amines is 1. The first-order valence-corrected chi connectivity index (χ1v) is 5.92. The van der Waals surface area contributed by atoms with Crippen molar-refractivity contribution in [2.75, 3.05) is 11.9 Å². The van der Waals surface area contributed by atoms with Crippen molar-refractivity contribution in [2.45, 2.75) is 13.3 Å². The number of fused-ring (bicyclic) bond motifs is 1. The summed E-state index contributed by atoms with van der Waals surface area (Å²) in [7, 11) is 1.71. The zero-order valence-electron chi connectivity index (χ0n) is 10.5. The van der Waals surface area contributed by atoms with Gasteiger partial charge in [0.05, 0.1) is 11.8 Å². The maximum Gasteiger partial charge on any atom is 0.244 e. The molecule has 1 unspecified atom stereocenters. The first-order chi connectivity index (χ1) is 8.69. The fourth-order valence-electron chi connectivity index (χ4n) is 2.01. The van der Waals surface area contributed by atoms with Gasteiger partial charge < -0.3 is 9.88 Å². The number of nitriles is 1. The summed E-state index contributed by atoms with van der Waals surface area (Å²) in [6.07, 6.45) is 2.33. The third-order valence-corrected chi connectivity index (χ3v) is 3.12. The summed E-state index contributed by atoms with van der Waals surface area (Å²) in [5.74, 6) is -0.742. The van der Waals surface area contributed by atoms with Gasteiger partial charge in [0.15, 0.2) is 0 Å². The molecular formula is C14H15N3O. The second kappa shape index (κ2) is 4.92. The number of H-pyrrole nitrogens is 1. The molecule has 1 atom stereocenters. The van der Waals surface area contributed by atoms with E-state index in [0.29, 0.717) is 6.42 Å². The van der Waals surface area contributed by atoms with Gasteiger partial charge in [0, 0.05) is 24.1 Å². The molecule has 1 heterocycles. The zero-order valence-corrected chi connectivity index (χ0v) is 10.5. The van der Waals surface area contributed by atoms with Gasteiger partial charge >= 0.3 is 0 Å². The number of hydrogen-bond donors (Lipinski definition) is 1. The average Bonchev–Trinajstić information content (AvgIpc) is 2.83. The lowest BCUT2D eigenvalue weighted by Gasteiger charge is -2.18. The first-order valence-electron chi connectivity index (χ1n) is 5.92. The van der Waals surface area contributed by atoms with Gasteiger partial charge in [-0.15, -0.1) is 0 Å². The lowest BCUT2D eigenvalue weighted by atomic mass is 10.1. The Morgan fingerprint density at radius 2 is 2.22 bits per heavy atom. The molecule has 0 aliphatic rings. The monoisotopic (exact) mass is 241 g/mol. The summed E-state index contributed by atoms with van der Waals surface area (Å²) in [4.78, 5) is 16.8. The standard InChI is InChI=1S/C14H15N3O/c1-3-10(8-15)14(18)17(2)13-9-16-12-7-5-4-6-11(12)13/h4-7,9-10,16H,3H2,1-2H3. The lowest BCUT2D eigenvalue weighted by molar-refractivity contribution is -0.120. The minimum atomic E-state index is -0.580. The SMILES string of the molecule is CCC(C#N)C(=O)N(C)c1c[nH]c2ccccc12. The van der Waals surface area contributed by atoms with Crippen LogP contribution in [0.25, 0.3) is 10.9 Å². The van der Waals surface area contributed by atoms with Gasteiger partial charge in [-0.05, 0) is 12.5 Å². The van der Waals surface area contributed by atoms with E-state index >= 15 is 0 Å². The molecule has 1 amide bonds. The van der Waals surface area contributed by atoms with E-state index in [1.807, 2.05) is 37.3 Å². The Morgan fingerprint density at radius 1 is 1.50 bits per heavy atom. The predicted molar refractivity (Wildman–Crippen MR) is 71.1 cm³/mol. The predicted octanol–water partition coefficient (Wildman–Crippen LogP) is 2.68. The second-order valence-corrected chi connectivity index (χ2v) is 4.21. The van der Waals surface area contributed by atoms with Crippen molar-refractivity contribution in [3.63, 3.8) is 0 Å². The van der Waals surface area contributed by atoms with Gasteiger partial charge in [-0.3, -0.25) is 4.79 Å². The number of nitrogens with one attached hydrogen (secondary N) is 1. The molecule has 0 spiro atoms. The van der Waals surface area contributed by atoms with E-state index in [9.17, 15) is 4.79 Å². The number of carbonyl (C=O) groups is 1. The summed E-state index contributed by atoms with van der Waals surface area (Å²) in [5, 5.41) is 9.94. The van der Waals surface area contributed by atoms with E-state index < -0.39 is 5.92 Å². The number of para-hydroxylation sites is 1. The minimum Gasteiger partial charge on any atom is -0.359 e. The van der Waals surface area contributed by atoms with Gasteiger partial charge in [0.2, 0.25) is 5.91 Å². The zero-order chi connectivity index (χ0) is 13.1. The van der Waals surface area contributed by atoms with Crippen LogP contribution < -0.4 is 4.90 Å². The van der Waals surface area contributed by atoms with E-state index in [1.54, 1.807) is 18.1 Å². The lowest BCUT2D eigenvalue weighted by Crippen LogP contribution is -2.31. The Morgan fingerprint density at radius 3 is 2.89 bits per heavy atom. The van der Waals surface area contributed by atoms with Crippen molar-refractivity contribution in [1.82, 2.24) is 4.98 Å². The minimum absolute atomic E-state index is 0.162. The van der Waals surface area contributed by atoms with E-state index in [-0.39, 0.29) is 5.91 Å². The highest BCUT2D eigenvalue weighted by molar-refractivity contribution is 6.04. The van der Waals surface area contributed by atoms with Crippen LogP contribution in [0.4, 0.5) is 5.69 Å². The van der Waals surface area contributed by atoms with E-state index in [1.165, 1.54) is 0 Å². The van der Waals surface area contributed by atoms with E-state index in [2.05, 4.69) is 4.98 Å². The quantitative estimate of drug-likeness (QED) is 0.898. The Balaban J connectivity index is 2.37. The van der Waals surface area contributed by atoms with Gasteiger partial charge in [0.25, 0.3) is 0 Å².